The molecule has 0 amide bonds. The molecular weight excluding hydrogens is 369 g/mol. The first kappa shape index (κ1) is 14.5. The van der Waals surface area contributed by atoms with Gasteiger partial charge in [0.1, 0.15) is 5.82 Å². The molecule has 1 atom stereocenters. The Bertz CT molecular complexity index is 485. The first-order valence-corrected chi connectivity index (χ1v) is 8.08. The van der Waals surface area contributed by atoms with E-state index in [0.717, 1.165) is 47.5 Å². The van der Waals surface area contributed by atoms with Crippen LogP contribution in [0.3, 0.4) is 0 Å². The average molecular weight is 389 g/mol. The number of hydrogen-bond donors (Lipinski definition) is 3. The summed E-state index contributed by atoms with van der Waals surface area (Å²) in [4.78, 5) is 4.50. The minimum Gasteiger partial charge on any atom is -0.393 e. The quantitative estimate of drug-likeness (QED) is 0.687. The number of nitrogens with one attached hydrogen (secondary N) is 2. The number of halogens is 1. The van der Waals surface area contributed by atoms with Crippen molar-refractivity contribution in [3.63, 3.8) is 0 Å². The molecule has 1 saturated heterocycles. The van der Waals surface area contributed by atoms with E-state index in [1.807, 2.05) is 12.3 Å². The fourth-order valence-corrected chi connectivity index (χ4v) is 3.74. The molecule has 3 N–H and O–H groups in total. The van der Waals surface area contributed by atoms with E-state index in [1.54, 1.807) is 0 Å². The molecule has 1 saturated carbocycles. The Labute approximate surface area is 132 Å². The maximum Gasteiger partial charge on any atom is 0.133 e. The van der Waals surface area contributed by atoms with Gasteiger partial charge in [-0.2, -0.15) is 0 Å². The lowest BCUT2D eigenvalue weighted by atomic mass is 9.76. The molecule has 1 aromatic rings. The summed E-state index contributed by atoms with van der Waals surface area (Å²) < 4.78 is 7.04. The molecule has 0 radical (unpaired) electrons. The van der Waals surface area contributed by atoms with E-state index in [-0.39, 0.29) is 17.7 Å². The third-order valence-electron chi connectivity index (χ3n) is 3.98. The number of anilines is 1. The number of ether oxygens (including phenoxy) is 1. The number of aliphatic hydroxyl groups is 1. The minimum absolute atomic E-state index is 0.0421. The van der Waals surface area contributed by atoms with Gasteiger partial charge >= 0.3 is 0 Å². The fraction of sp³-hybridized carbons (Fsp3) is 0.643. The highest BCUT2D eigenvalue weighted by molar-refractivity contribution is 14.1. The second-order valence-electron chi connectivity index (χ2n) is 5.87. The standard InChI is InChI=1S/C14H20IN3O2/c1-14(6-9(19)7-14)18-13-12(10(15)2-3-17-13)11-8-16-4-5-20-11/h2-3,9,11,16,19H,4-8H2,1H3,(H,17,18). The molecule has 0 spiro atoms. The van der Waals surface area contributed by atoms with Gasteiger partial charge in [-0.1, -0.05) is 0 Å². The lowest BCUT2D eigenvalue weighted by Crippen LogP contribution is -2.51. The summed E-state index contributed by atoms with van der Waals surface area (Å²) in [6.45, 7) is 4.58. The van der Waals surface area contributed by atoms with Crippen molar-refractivity contribution in [3.8, 4) is 0 Å². The van der Waals surface area contributed by atoms with E-state index in [1.165, 1.54) is 0 Å². The second kappa shape index (κ2) is 5.75. The zero-order chi connectivity index (χ0) is 14.2. The van der Waals surface area contributed by atoms with Gasteiger partial charge in [0.25, 0.3) is 0 Å². The highest BCUT2D eigenvalue weighted by atomic mass is 127. The van der Waals surface area contributed by atoms with E-state index in [0.29, 0.717) is 0 Å². The van der Waals surface area contributed by atoms with E-state index in [4.69, 9.17) is 4.74 Å². The zero-order valence-corrected chi connectivity index (χ0v) is 13.7. The number of rotatable bonds is 3. The Morgan fingerprint density at radius 1 is 1.55 bits per heavy atom. The molecule has 0 aromatic carbocycles. The van der Waals surface area contributed by atoms with Crippen molar-refractivity contribution in [2.45, 2.75) is 37.5 Å². The van der Waals surface area contributed by atoms with E-state index in [2.05, 4.69) is 45.1 Å². The van der Waals surface area contributed by atoms with Crippen molar-refractivity contribution in [1.29, 1.82) is 0 Å². The summed E-state index contributed by atoms with van der Waals surface area (Å²) in [5.41, 5.74) is 1.07. The minimum atomic E-state index is -0.189. The van der Waals surface area contributed by atoms with Crippen molar-refractivity contribution in [1.82, 2.24) is 10.3 Å². The summed E-state index contributed by atoms with van der Waals surface area (Å²) >= 11 is 2.34. The van der Waals surface area contributed by atoms with Crippen LogP contribution in [0, 0.1) is 3.57 Å². The molecule has 1 unspecified atom stereocenters. The number of nitrogens with zero attached hydrogens (tertiary/aromatic N) is 1. The summed E-state index contributed by atoms with van der Waals surface area (Å²) in [7, 11) is 0. The van der Waals surface area contributed by atoms with Gasteiger partial charge in [0.05, 0.1) is 18.8 Å². The Hall–Kier alpha value is -0.440. The van der Waals surface area contributed by atoms with Crippen molar-refractivity contribution >= 4 is 28.4 Å². The van der Waals surface area contributed by atoms with Crippen LogP contribution >= 0.6 is 22.6 Å². The SMILES string of the molecule is CC1(Nc2nccc(I)c2C2CNCCO2)CC(O)C1. The van der Waals surface area contributed by atoms with Crippen LogP contribution in [-0.2, 0) is 4.74 Å². The molecule has 3 rings (SSSR count). The first-order chi connectivity index (χ1) is 9.57. The topological polar surface area (TPSA) is 66.4 Å². The Morgan fingerprint density at radius 2 is 2.35 bits per heavy atom. The summed E-state index contributed by atoms with van der Waals surface area (Å²) in [6.07, 6.45) is 3.21. The Morgan fingerprint density at radius 3 is 3.00 bits per heavy atom. The van der Waals surface area contributed by atoms with Crippen LogP contribution in [0.1, 0.15) is 31.4 Å². The molecule has 1 aromatic heterocycles. The maximum atomic E-state index is 9.54. The van der Waals surface area contributed by atoms with Crippen LogP contribution in [0.2, 0.25) is 0 Å². The molecule has 1 aliphatic carbocycles. The van der Waals surface area contributed by atoms with Gasteiger partial charge in [-0.25, -0.2) is 4.98 Å². The monoisotopic (exact) mass is 389 g/mol. The lowest BCUT2D eigenvalue weighted by molar-refractivity contribution is 0.0264. The van der Waals surface area contributed by atoms with Crippen LogP contribution in [-0.4, -0.2) is 41.4 Å². The first-order valence-electron chi connectivity index (χ1n) is 7.00. The largest absolute Gasteiger partial charge is 0.393 e. The molecule has 2 heterocycles. The van der Waals surface area contributed by atoms with Gasteiger partial charge in [-0.05, 0) is 48.4 Å². The van der Waals surface area contributed by atoms with E-state index >= 15 is 0 Å². The van der Waals surface area contributed by atoms with Crippen LogP contribution < -0.4 is 10.6 Å². The Kier molecular flexibility index (Phi) is 4.16. The van der Waals surface area contributed by atoms with Gasteiger partial charge in [-0.15, -0.1) is 0 Å². The molecular formula is C14H20IN3O2. The lowest BCUT2D eigenvalue weighted by Gasteiger charge is -2.44. The summed E-state index contributed by atoms with van der Waals surface area (Å²) in [6, 6.07) is 2.01. The second-order valence-corrected chi connectivity index (χ2v) is 7.03. The van der Waals surface area contributed by atoms with Crippen molar-refractivity contribution < 1.29 is 9.84 Å². The molecule has 20 heavy (non-hydrogen) atoms. The Balaban J connectivity index is 1.84. The smallest absolute Gasteiger partial charge is 0.133 e. The third-order valence-corrected chi connectivity index (χ3v) is 4.92. The number of morpholine rings is 1. The number of hydrogen-bond acceptors (Lipinski definition) is 5. The van der Waals surface area contributed by atoms with Crippen LogP contribution in [0.25, 0.3) is 0 Å². The highest BCUT2D eigenvalue weighted by Crippen LogP contribution is 2.38. The van der Waals surface area contributed by atoms with Crippen molar-refractivity contribution in [3.05, 3.63) is 21.4 Å². The van der Waals surface area contributed by atoms with Crippen molar-refractivity contribution in [2.75, 3.05) is 25.0 Å². The zero-order valence-electron chi connectivity index (χ0n) is 11.5. The van der Waals surface area contributed by atoms with Crippen LogP contribution in [0.15, 0.2) is 12.3 Å². The summed E-state index contributed by atoms with van der Waals surface area (Å²) in [5.74, 6) is 0.889. The predicted octanol–water partition coefficient (Wildman–Crippen LogP) is 1.67. The normalized spacial score (nSPS) is 33.5. The van der Waals surface area contributed by atoms with Gasteiger partial charge in [0.15, 0.2) is 0 Å². The van der Waals surface area contributed by atoms with Gasteiger partial charge < -0.3 is 20.5 Å². The van der Waals surface area contributed by atoms with Gasteiger partial charge in [-0.3, -0.25) is 0 Å². The van der Waals surface area contributed by atoms with E-state index < -0.39 is 0 Å². The molecule has 110 valence electrons. The van der Waals surface area contributed by atoms with E-state index in [9.17, 15) is 5.11 Å². The molecule has 2 aliphatic rings. The molecule has 1 aliphatic heterocycles. The third kappa shape index (κ3) is 2.93. The molecule has 6 heteroatoms. The predicted molar refractivity (Wildman–Crippen MR) is 85.8 cm³/mol. The molecule has 5 nitrogen and oxygen atoms in total. The number of aromatic nitrogens is 1. The molecule has 2 fully saturated rings. The van der Waals surface area contributed by atoms with Gasteiger partial charge in [0, 0.05) is 34.0 Å². The fourth-order valence-electron chi connectivity index (χ4n) is 2.97. The highest BCUT2D eigenvalue weighted by Gasteiger charge is 2.40. The average Bonchev–Trinajstić information content (AvgIpc) is 2.38. The number of pyridine rings is 1. The maximum absolute atomic E-state index is 9.54. The molecule has 0 bridgehead atoms. The van der Waals surface area contributed by atoms with Crippen LogP contribution in [0.4, 0.5) is 5.82 Å². The summed E-state index contributed by atoms with van der Waals surface area (Å²) in [5, 5.41) is 16.4. The number of aliphatic hydroxyl groups excluding tert-OH is 1. The van der Waals surface area contributed by atoms with Crippen molar-refractivity contribution in [2.24, 2.45) is 0 Å². The van der Waals surface area contributed by atoms with Gasteiger partial charge in [0.2, 0.25) is 0 Å². The van der Waals surface area contributed by atoms with Crippen LogP contribution in [0.5, 0.6) is 0 Å².